The zero-order valence-electron chi connectivity index (χ0n) is 14.3. The van der Waals surface area contributed by atoms with Crippen LogP contribution in [0.3, 0.4) is 0 Å². The highest BCUT2D eigenvalue weighted by molar-refractivity contribution is 5.68. The molecule has 2 aromatic carbocycles. The highest BCUT2D eigenvalue weighted by atomic mass is 16.1. The molecule has 4 N–H and O–H groups in total. The molecule has 0 bridgehead atoms. The van der Waals surface area contributed by atoms with Crippen LogP contribution >= 0.6 is 0 Å². The molecule has 2 rings (SSSR count). The SMILES string of the molecule is Cc1cccc(-c2ccccc2)c1C.N=C=O.N=C=O.N=C=O.N=C=O. The van der Waals surface area contributed by atoms with E-state index in [1.165, 1.54) is 22.3 Å². The van der Waals surface area contributed by atoms with Crippen LogP contribution in [0.15, 0.2) is 48.5 Å². The van der Waals surface area contributed by atoms with E-state index in [-0.39, 0.29) is 0 Å². The van der Waals surface area contributed by atoms with E-state index in [0.29, 0.717) is 0 Å². The Morgan fingerprint density at radius 1 is 0.615 bits per heavy atom. The fraction of sp³-hybridized carbons (Fsp3) is 0.111. The first-order valence-corrected chi connectivity index (χ1v) is 6.72. The van der Waals surface area contributed by atoms with Gasteiger partial charge in [-0.2, -0.15) is 0 Å². The van der Waals surface area contributed by atoms with Crippen LogP contribution in [0.5, 0.6) is 0 Å². The maximum Gasteiger partial charge on any atom is 0.231 e. The number of nitrogens with one attached hydrogen (secondary N) is 4. The molecule has 0 aliphatic rings. The first-order chi connectivity index (χ1) is 12.4. The normalized spacial score (nSPS) is 6.69. The Morgan fingerprint density at radius 3 is 1.38 bits per heavy atom. The van der Waals surface area contributed by atoms with Gasteiger partial charge in [-0.1, -0.05) is 48.5 Å². The first kappa shape index (κ1) is 26.8. The number of aryl methyl sites for hydroxylation is 1. The lowest BCUT2D eigenvalue weighted by atomic mass is 9.97. The lowest BCUT2D eigenvalue weighted by molar-refractivity contribution is 0.562. The molecule has 8 nitrogen and oxygen atoms in total. The van der Waals surface area contributed by atoms with Gasteiger partial charge in [0.25, 0.3) is 0 Å². The molecule has 0 atom stereocenters. The molecular weight excluding hydrogens is 336 g/mol. The summed E-state index contributed by atoms with van der Waals surface area (Å²) in [6, 6.07) is 17.0. The average Bonchev–Trinajstić information content (AvgIpc) is 2.61. The summed E-state index contributed by atoms with van der Waals surface area (Å²) in [6.07, 6.45) is 3.00. The summed E-state index contributed by atoms with van der Waals surface area (Å²) in [5.74, 6) is 0. The number of rotatable bonds is 1. The van der Waals surface area contributed by atoms with Crippen LogP contribution in [-0.4, -0.2) is 24.3 Å². The van der Waals surface area contributed by atoms with Crippen LogP contribution in [-0.2, 0) is 19.2 Å². The molecule has 0 aliphatic heterocycles. The molecule has 0 heterocycles. The van der Waals surface area contributed by atoms with E-state index >= 15 is 0 Å². The predicted molar refractivity (Wildman–Crippen MR) is 95.0 cm³/mol. The van der Waals surface area contributed by atoms with E-state index in [0.717, 1.165) is 24.3 Å². The number of isocyanates is 4. The largest absolute Gasteiger partial charge is 0.231 e. The first-order valence-electron chi connectivity index (χ1n) is 6.72. The van der Waals surface area contributed by atoms with Gasteiger partial charge < -0.3 is 0 Å². The molecule has 0 aromatic heterocycles. The monoisotopic (exact) mass is 354 g/mol. The zero-order valence-corrected chi connectivity index (χ0v) is 14.3. The van der Waals surface area contributed by atoms with Gasteiger partial charge >= 0.3 is 0 Å². The van der Waals surface area contributed by atoms with Crippen molar-refractivity contribution in [2.75, 3.05) is 0 Å². The van der Waals surface area contributed by atoms with Gasteiger partial charge in [-0.15, -0.1) is 0 Å². The Morgan fingerprint density at radius 2 is 1.00 bits per heavy atom. The molecule has 134 valence electrons. The molecule has 0 amide bonds. The number of hydrogen-bond acceptors (Lipinski definition) is 8. The molecule has 0 spiro atoms. The summed E-state index contributed by atoms with van der Waals surface area (Å²) in [5.41, 5.74) is 5.37. The lowest BCUT2D eigenvalue weighted by Crippen LogP contribution is -1.85. The maximum absolute atomic E-state index is 8.35. The topological polar surface area (TPSA) is 164 Å². The molecule has 0 fully saturated rings. The molecule has 8 heteroatoms. The lowest BCUT2D eigenvalue weighted by Gasteiger charge is -2.07. The minimum atomic E-state index is 0.750. The summed E-state index contributed by atoms with van der Waals surface area (Å²) in [5, 5.41) is 21.6. The third kappa shape index (κ3) is 14.9. The van der Waals surface area contributed by atoms with E-state index in [1.807, 2.05) is 0 Å². The van der Waals surface area contributed by atoms with Crippen molar-refractivity contribution in [3.8, 4) is 11.1 Å². The molecule has 0 radical (unpaired) electrons. The minimum Gasteiger partial charge on any atom is -0.222 e. The van der Waals surface area contributed by atoms with Gasteiger partial charge in [0.05, 0.1) is 0 Å². The molecule has 26 heavy (non-hydrogen) atoms. The molecular formula is C18H18N4O4. The van der Waals surface area contributed by atoms with Crippen molar-refractivity contribution in [1.82, 2.24) is 0 Å². The van der Waals surface area contributed by atoms with Gasteiger partial charge in [-0.3, -0.25) is 0 Å². The van der Waals surface area contributed by atoms with Crippen LogP contribution in [0.25, 0.3) is 11.1 Å². The van der Waals surface area contributed by atoms with Crippen molar-refractivity contribution in [3.05, 3.63) is 59.7 Å². The molecule has 0 aliphatic carbocycles. The Bertz CT molecular complexity index is 717. The van der Waals surface area contributed by atoms with Crippen molar-refractivity contribution < 1.29 is 19.2 Å². The summed E-state index contributed by atoms with van der Waals surface area (Å²) in [4.78, 5) is 33.4. The molecule has 0 saturated carbocycles. The van der Waals surface area contributed by atoms with Crippen LogP contribution in [0.4, 0.5) is 0 Å². The fourth-order valence-corrected chi connectivity index (χ4v) is 1.68. The van der Waals surface area contributed by atoms with Crippen LogP contribution < -0.4 is 0 Å². The Balaban J connectivity index is -0.000000367. The summed E-state index contributed by atoms with van der Waals surface area (Å²) < 4.78 is 0. The van der Waals surface area contributed by atoms with Crippen molar-refractivity contribution in [3.63, 3.8) is 0 Å². The molecule has 2 aromatic rings. The minimum absolute atomic E-state index is 0.750. The second kappa shape index (κ2) is 21.0. The van der Waals surface area contributed by atoms with Gasteiger partial charge in [0.15, 0.2) is 0 Å². The molecule has 0 saturated heterocycles. The summed E-state index contributed by atoms with van der Waals surface area (Å²) in [6.45, 7) is 4.33. The predicted octanol–water partition coefficient (Wildman–Crippen LogP) is 3.57. The Kier molecular flexibility index (Phi) is 21.6. The van der Waals surface area contributed by atoms with Crippen molar-refractivity contribution >= 4 is 24.3 Å². The maximum atomic E-state index is 8.35. The highest BCUT2D eigenvalue weighted by Gasteiger charge is 2.01. The highest BCUT2D eigenvalue weighted by Crippen LogP contribution is 2.24. The van der Waals surface area contributed by atoms with Gasteiger partial charge in [0.2, 0.25) is 24.3 Å². The van der Waals surface area contributed by atoms with E-state index in [4.69, 9.17) is 40.8 Å². The van der Waals surface area contributed by atoms with E-state index in [2.05, 4.69) is 62.4 Å². The van der Waals surface area contributed by atoms with Crippen molar-refractivity contribution in [2.45, 2.75) is 13.8 Å². The van der Waals surface area contributed by atoms with Crippen LogP contribution in [0, 0.1) is 35.5 Å². The third-order valence-electron chi connectivity index (χ3n) is 2.69. The van der Waals surface area contributed by atoms with Gasteiger partial charge in [0, 0.05) is 0 Å². The van der Waals surface area contributed by atoms with Crippen molar-refractivity contribution in [1.29, 1.82) is 21.6 Å². The number of carbonyl (C=O) groups excluding carboxylic acids is 4. The quantitative estimate of drug-likeness (QED) is 0.454. The Hall–Kier alpha value is -4.04. The smallest absolute Gasteiger partial charge is 0.222 e. The number of hydrogen-bond donors (Lipinski definition) is 4. The van der Waals surface area contributed by atoms with Crippen LogP contribution in [0.1, 0.15) is 11.1 Å². The van der Waals surface area contributed by atoms with E-state index < -0.39 is 0 Å². The van der Waals surface area contributed by atoms with E-state index in [1.54, 1.807) is 0 Å². The van der Waals surface area contributed by atoms with Crippen LogP contribution in [0.2, 0.25) is 0 Å². The standard InChI is InChI=1S/C14H14.4CHNO/c1-11-7-6-10-14(12(11)2)13-8-4-3-5-9-13;4*2-1-3/h3-10H,1-2H3;4*2H. The van der Waals surface area contributed by atoms with Gasteiger partial charge in [0.1, 0.15) is 0 Å². The van der Waals surface area contributed by atoms with Gasteiger partial charge in [-0.05, 0) is 36.1 Å². The second-order valence-corrected chi connectivity index (χ2v) is 4.02. The zero-order chi connectivity index (χ0) is 20.8. The Labute approximate surface area is 150 Å². The average molecular weight is 354 g/mol. The number of benzene rings is 2. The molecule has 0 unspecified atom stereocenters. The summed E-state index contributed by atoms with van der Waals surface area (Å²) >= 11 is 0. The van der Waals surface area contributed by atoms with Crippen molar-refractivity contribution in [2.24, 2.45) is 0 Å². The fourth-order valence-electron chi connectivity index (χ4n) is 1.68. The third-order valence-corrected chi connectivity index (χ3v) is 2.69. The summed E-state index contributed by atoms with van der Waals surface area (Å²) in [7, 11) is 0. The van der Waals surface area contributed by atoms with Gasteiger partial charge in [-0.25, -0.2) is 40.8 Å². The van der Waals surface area contributed by atoms with E-state index in [9.17, 15) is 0 Å². The second-order valence-electron chi connectivity index (χ2n) is 4.02.